The molecule has 0 saturated carbocycles. The number of fused-ring (bicyclic) bond motifs is 1. The Balaban J connectivity index is 2.33. The molecule has 0 saturated heterocycles. The van der Waals surface area contributed by atoms with E-state index in [0.29, 0.717) is 11.1 Å². The third kappa shape index (κ3) is 1.87. The zero-order chi connectivity index (χ0) is 12.4. The number of aliphatic hydroxyl groups is 1. The van der Waals surface area contributed by atoms with Gasteiger partial charge in [-0.1, -0.05) is 12.1 Å². The lowest BCUT2D eigenvalue weighted by Gasteiger charge is -2.08. The van der Waals surface area contributed by atoms with Gasteiger partial charge in [0.1, 0.15) is 0 Å². The van der Waals surface area contributed by atoms with Crippen molar-refractivity contribution in [2.45, 2.75) is 6.92 Å². The van der Waals surface area contributed by atoms with E-state index in [-0.39, 0.29) is 6.61 Å². The SMILES string of the molecule is CCO/C(O)=C/N1C(=O)c2ccccc2C1=O. The molecule has 0 aromatic heterocycles. The molecule has 5 heteroatoms. The quantitative estimate of drug-likeness (QED) is 0.637. The van der Waals surface area contributed by atoms with Crippen LogP contribution in [0.3, 0.4) is 0 Å². The maximum atomic E-state index is 11.8. The maximum Gasteiger partial charge on any atom is 0.294 e. The third-order valence-corrected chi connectivity index (χ3v) is 2.36. The predicted molar refractivity (Wildman–Crippen MR) is 59.3 cm³/mol. The Kier molecular flexibility index (Phi) is 2.82. The molecule has 1 heterocycles. The van der Waals surface area contributed by atoms with Crippen LogP contribution in [0.5, 0.6) is 0 Å². The van der Waals surface area contributed by atoms with Crippen molar-refractivity contribution in [3.05, 3.63) is 47.5 Å². The number of rotatable bonds is 3. The Bertz CT molecular complexity index is 472. The molecule has 1 aliphatic rings. The second-order valence-electron chi connectivity index (χ2n) is 3.43. The van der Waals surface area contributed by atoms with Crippen LogP contribution >= 0.6 is 0 Å². The van der Waals surface area contributed by atoms with Crippen LogP contribution in [0.1, 0.15) is 27.6 Å². The van der Waals surface area contributed by atoms with Gasteiger partial charge in [-0.3, -0.25) is 9.59 Å². The molecule has 17 heavy (non-hydrogen) atoms. The van der Waals surface area contributed by atoms with E-state index in [1.165, 1.54) is 0 Å². The van der Waals surface area contributed by atoms with Crippen LogP contribution in [-0.2, 0) is 4.74 Å². The minimum Gasteiger partial charge on any atom is -0.480 e. The van der Waals surface area contributed by atoms with Crippen molar-refractivity contribution < 1.29 is 19.4 Å². The van der Waals surface area contributed by atoms with Crippen LogP contribution in [-0.4, -0.2) is 28.4 Å². The Hall–Kier alpha value is -2.30. The average Bonchev–Trinajstić information content (AvgIpc) is 2.56. The van der Waals surface area contributed by atoms with Crippen molar-refractivity contribution in [2.24, 2.45) is 0 Å². The lowest BCUT2D eigenvalue weighted by Crippen LogP contribution is -2.24. The topological polar surface area (TPSA) is 66.8 Å². The van der Waals surface area contributed by atoms with Gasteiger partial charge in [0, 0.05) is 0 Å². The molecule has 0 atom stereocenters. The highest BCUT2D eigenvalue weighted by molar-refractivity contribution is 6.22. The third-order valence-electron chi connectivity index (χ3n) is 2.36. The fourth-order valence-electron chi connectivity index (χ4n) is 1.62. The van der Waals surface area contributed by atoms with Crippen molar-refractivity contribution in [3.63, 3.8) is 0 Å². The normalized spacial score (nSPS) is 15.1. The lowest BCUT2D eigenvalue weighted by molar-refractivity contribution is 0.0651. The minimum absolute atomic E-state index is 0.255. The van der Waals surface area contributed by atoms with Crippen molar-refractivity contribution in [2.75, 3.05) is 6.61 Å². The van der Waals surface area contributed by atoms with Crippen LogP contribution in [0, 0.1) is 0 Å². The molecule has 0 radical (unpaired) electrons. The van der Waals surface area contributed by atoms with Crippen LogP contribution in [0.15, 0.2) is 36.4 Å². The first-order chi connectivity index (χ1) is 8.15. The first kappa shape index (κ1) is 11.2. The van der Waals surface area contributed by atoms with Gasteiger partial charge in [-0.2, -0.15) is 0 Å². The fraction of sp³-hybridized carbons (Fsp3) is 0.167. The van der Waals surface area contributed by atoms with Gasteiger partial charge in [0.05, 0.1) is 23.9 Å². The molecule has 0 aliphatic carbocycles. The van der Waals surface area contributed by atoms with E-state index in [2.05, 4.69) is 0 Å². The second kappa shape index (κ2) is 4.29. The van der Waals surface area contributed by atoms with Crippen LogP contribution < -0.4 is 0 Å². The monoisotopic (exact) mass is 233 g/mol. The van der Waals surface area contributed by atoms with E-state index >= 15 is 0 Å². The van der Waals surface area contributed by atoms with Gasteiger partial charge in [0.2, 0.25) is 0 Å². The number of ether oxygens (including phenoxy) is 1. The standard InChI is InChI=1S/C12H11NO4/c1-2-17-10(14)7-13-11(15)8-5-3-4-6-9(8)12(13)16/h3-7,14H,2H2,1H3/b10-7+. The summed E-state index contributed by atoms with van der Waals surface area (Å²) in [6.45, 7) is 1.94. The highest BCUT2D eigenvalue weighted by Crippen LogP contribution is 2.23. The molecule has 2 amide bonds. The highest BCUT2D eigenvalue weighted by Gasteiger charge is 2.34. The summed E-state index contributed by atoms with van der Waals surface area (Å²) in [5.74, 6) is -1.38. The van der Waals surface area contributed by atoms with Crippen molar-refractivity contribution in [3.8, 4) is 0 Å². The second-order valence-corrected chi connectivity index (χ2v) is 3.43. The Labute approximate surface area is 97.9 Å². The molecule has 5 nitrogen and oxygen atoms in total. The van der Waals surface area contributed by atoms with E-state index < -0.39 is 17.8 Å². The Morgan fingerprint density at radius 2 is 1.82 bits per heavy atom. The van der Waals surface area contributed by atoms with Crippen LogP contribution in [0.25, 0.3) is 0 Å². The Morgan fingerprint density at radius 1 is 1.29 bits per heavy atom. The molecule has 1 aliphatic heterocycles. The van der Waals surface area contributed by atoms with E-state index in [1.807, 2.05) is 0 Å². The van der Waals surface area contributed by atoms with Gasteiger partial charge in [-0.25, -0.2) is 4.90 Å². The summed E-state index contributed by atoms with van der Waals surface area (Å²) >= 11 is 0. The minimum atomic E-state index is -0.461. The van der Waals surface area contributed by atoms with Gasteiger partial charge < -0.3 is 9.84 Å². The summed E-state index contributed by atoms with van der Waals surface area (Å²) in [6.07, 6.45) is 0.994. The number of amides is 2. The molecule has 1 aromatic carbocycles. The smallest absolute Gasteiger partial charge is 0.294 e. The molecular formula is C12H11NO4. The van der Waals surface area contributed by atoms with Crippen molar-refractivity contribution in [1.29, 1.82) is 0 Å². The van der Waals surface area contributed by atoms with Crippen LogP contribution in [0.4, 0.5) is 0 Å². The van der Waals surface area contributed by atoms with Crippen LogP contribution in [0.2, 0.25) is 0 Å². The van der Waals surface area contributed by atoms with Gasteiger partial charge in [0.25, 0.3) is 17.8 Å². The lowest BCUT2D eigenvalue weighted by atomic mass is 10.1. The molecule has 1 aromatic rings. The summed E-state index contributed by atoms with van der Waals surface area (Å²) in [7, 11) is 0. The largest absolute Gasteiger partial charge is 0.480 e. The molecule has 0 unspecified atom stereocenters. The number of hydrogen-bond donors (Lipinski definition) is 1. The molecule has 88 valence electrons. The van der Waals surface area contributed by atoms with Gasteiger partial charge >= 0.3 is 0 Å². The first-order valence-electron chi connectivity index (χ1n) is 5.15. The summed E-state index contributed by atoms with van der Waals surface area (Å²) in [5.41, 5.74) is 0.663. The van der Waals surface area contributed by atoms with Gasteiger partial charge in [-0.05, 0) is 19.1 Å². The van der Waals surface area contributed by atoms with Gasteiger partial charge in [0.15, 0.2) is 0 Å². The maximum absolute atomic E-state index is 11.8. The summed E-state index contributed by atoms with van der Waals surface area (Å²) in [4.78, 5) is 24.5. The zero-order valence-electron chi connectivity index (χ0n) is 9.21. The number of aliphatic hydroxyl groups excluding tert-OH is 1. The summed E-state index contributed by atoms with van der Waals surface area (Å²) in [6, 6.07) is 6.50. The van der Waals surface area contributed by atoms with E-state index in [0.717, 1.165) is 11.1 Å². The van der Waals surface area contributed by atoms with Crippen molar-refractivity contribution in [1.82, 2.24) is 4.90 Å². The number of hydrogen-bond acceptors (Lipinski definition) is 4. The van der Waals surface area contributed by atoms with E-state index in [1.54, 1.807) is 31.2 Å². The number of imide groups is 1. The molecule has 0 bridgehead atoms. The first-order valence-corrected chi connectivity index (χ1v) is 5.15. The van der Waals surface area contributed by atoms with E-state index in [9.17, 15) is 14.7 Å². The predicted octanol–water partition coefficient (Wildman–Crippen LogP) is 1.68. The van der Waals surface area contributed by atoms with Gasteiger partial charge in [-0.15, -0.1) is 0 Å². The molecular weight excluding hydrogens is 222 g/mol. The Morgan fingerprint density at radius 3 is 2.29 bits per heavy atom. The van der Waals surface area contributed by atoms with Crippen molar-refractivity contribution >= 4 is 11.8 Å². The number of carbonyl (C=O) groups excluding carboxylic acids is 2. The number of benzene rings is 1. The molecule has 2 rings (SSSR count). The zero-order valence-corrected chi connectivity index (χ0v) is 9.21. The average molecular weight is 233 g/mol. The molecule has 0 spiro atoms. The number of carbonyl (C=O) groups is 2. The molecule has 0 fully saturated rings. The highest BCUT2D eigenvalue weighted by atomic mass is 16.6. The fourth-order valence-corrected chi connectivity index (χ4v) is 1.62. The number of nitrogens with zero attached hydrogens (tertiary/aromatic N) is 1. The van der Waals surface area contributed by atoms with E-state index in [4.69, 9.17) is 4.74 Å². The summed E-state index contributed by atoms with van der Waals surface area (Å²) in [5, 5.41) is 9.32. The molecule has 1 N–H and O–H groups in total. The summed E-state index contributed by atoms with van der Waals surface area (Å²) < 4.78 is 4.77.